The lowest BCUT2D eigenvalue weighted by Gasteiger charge is -2.10. The molecule has 1 aromatic carbocycles. The van der Waals surface area contributed by atoms with Crippen molar-refractivity contribution in [2.45, 2.75) is 13.3 Å². The van der Waals surface area contributed by atoms with Crippen molar-refractivity contribution >= 4 is 11.7 Å². The number of aryl methyl sites for hydroxylation is 2. The molecule has 0 spiro atoms. The van der Waals surface area contributed by atoms with E-state index in [1.807, 2.05) is 30.8 Å². The molecule has 2 aromatic rings. The number of rotatable bonds is 5. The fraction of sp³-hybridized carbons (Fsp3) is 0.286. The number of nitrogens with one attached hydrogen (secondary N) is 1. The molecule has 2 N–H and O–H groups in total. The number of anilines is 1. The Kier molecular flexibility index (Phi) is 3.85. The normalized spacial score (nSPS) is 10.4. The van der Waals surface area contributed by atoms with E-state index in [1.54, 1.807) is 18.3 Å². The molecule has 0 amide bonds. The van der Waals surface area contributed by atoms with Crippen LogP contribution in [0.25, 0.3) is 0 Å². The van der Waals surface area contributed by atoms with Crippen molar-refractivity contribution in [2.75, 3.05) is 11.9 Å². The van der Waals surface area contributed by atoms with Gasteiger partial charge in [0.05, 0.1) is 5.56 Å². The topological polar surface area (TPSA) is 67.2 Å². The Bertz CT molecular complexity index is 590. The maximum Gasteiger partial charge on any atom is 0.337 e. The van der Waals surface area contributed by atoms with Crippen LogP contribution in [-0.2, 0) is 13.5 Å². The Morgan fingerprint density at radius 1 is 1.42 bits per heavy atom. The van der Waals surface area contributed by atoms with Crippen molar-refractivity contribution in [1.82, 2.24) is 9.78 Å². The Hall–Kier alpha value is -2.30. The molecule has 0 unspecified atom stereocenters. The summed E-state index contributed by atoms with van der Waals surface area (Å²) in [4.78, 5) is 11.1. The van der Waals surface area contributed by atoms with Crippen LogP contribution in [0.2, 0.25) is 0 Å². The summed E-state index contributed by atoms with van der Waals surface area (Å²) in [6, 6.07) is 7.24. The van der Waals surface area contributed by atoms with Crippen molar-refractivity contribution in [2.24, 2.45) is 7.05 Å². The van der Waals surface area contributed by atoms with Crippen LogP contribution in [0, 0.1) is 6.92 Å². The number of aromatic nitrogens is 2. The highest BCUT2D eigenvalue weighted by Gasteiger charge is 2.09. The van der Waals surface area contributed by atoms with Crippen molar-refractivity contribution in [3.05, 3.63) is 47.3 Å². The zero-order chi connectivity index (χ0) is 13.8. The van der Waals surface area contributed by atoms with E-state index < -0.39 is 5.97 Å². The first-order valence-corrected chi connectivity index (χ1v) is 6.12. The first-order valence-electron chi connectivity index (χ1n) is 6.12. The van der Waals surface area contributed by atoms with E-state index in [1.165, 1.54) is 0 Å². The highest BCUT2D eigenvalue weighted by molar-refractivity contribution is 5.94. The smallest absolute Gasteiger partial charge is 0.337 e. The van der Waals surface area contributed by atoms with Crippen LogP contribution < -0.4 is 5.32 Å². The first kappa shape index (κ1) is 13.1. The molecule has 0 aliphatic heterocycles. The number of carboxylic acids is 1. The number of carbonyl (C=O) groups is 1. The minimum atomic E-state index is -0.914. The van der Waals surface area contributed by atoms with Crippen LogP contribution in [0.15, 0.2) is 30.5 Å². The third-order valence-electron chi connectivity index (χ3n) is 3.02. The molecular formula is C14H17N3O2. The number of nitrogens with zero attached hydrogens (tertiary/aromatic N) is 2. The maximum absolute atomic E-state index is 11.1. The Morgan fingerprint density at radius 2 is 2.21 bits per heavy atom. The lowest BCUT2D eigenvalue weighted by atomic mass is 10.1. The Balaban J connectivity index is 2.05. The van der Waals surface area contributed by atoms with Crippen molar-refractivity contribution in [3.63, 3.8) is 0 Å². The van der Waals surface area contributed by atoms with E-state index >= 15 is 0 Å². The molecule has 0 aliphatic rings. The minimum Gasteiger partial charge on any atom is -0.478 e. The Labute approximate surface area is 111 Å². The van der Waals surface area contributed by atoms with Gasteiger partial charge in [0, 0.05) is 37.6 Å². The highest BCUT2D eigenvalue weighted by Crippen LogP contribution is 2.17. The average molecular weight is 259 g/mol. The van der Waals surface area contributed by atoms with Gasteiger partial charge in [-0.3, -0.25) is 4.68 Å². The second-order valence-corrected chi connectivity index (χ2v) is 4.48. The van der Waals surface area contributed by atoms with Crippen molar-refractivity contribution in [1.29, 1.82) is 0 Å². The zero-order valence-corrected chi connectivity index (χ0v) is 11.1. The number of aromatic carboxylic acids is 1. The highest BCUT2D eigenvalue weighted by atomic mass is 16.4. The van der Waals surface area contributed by atoms with Gasteiger partial charge in [-0.25, -0.2) is 4.79 Å². The van der Waals surface area contributed by atoms with Crippen LogP contribution >= 0.6 is 0 Å². The van der Waals surface area contributed by atoms with Gasteiger partial charge in [0.1, 0.15) is 0 Å². The monoisotopic (exact) mass is 259 g/mol. The summed E-state index contributed by atoms with van der Waals surface area (Å²) in [6.45, 7) is 2.61. The molecule has 5 nitrogen and oxygen atoms in total. The van der Waals surface area contributed by atoms with E-state index in [4.69, 9.17) is 5.11 Å². The summed E-state index contributed by atoms with van der Waals surface area (Å²) >= 11 is 0. The summed E-state index contributed by atoms with van der Waals surface area (Å²) in [7, 11) is 1.89. The van der Waals surface area contributed by atoms with E-state index in [0.717, 1.165) is 17.7 Å². The molecule has 1 aromatic heterocycles. The van der Waals surface area contributed by atoms with Gasteiger partial charge in [-0.05, 0) is 30.7 Å². The summed E-state index contributed by atoms with van der Waals surface area (Å²) in [5, 5.41) is 16.4. The minimum absolute atomic E-state index is 0.301. The van der Waals surface area contributed by atoms with Gasteiger partial charge < -0.3 is 10.4 Å². The molecule has 5 heteroatoms. The van der Waals surface area contributed by atoms with Crippen LogP contribution in [0.4, 0.5) is 5.69 Å². The second-order valence-electron chi connectivity index (χ2n) is 4.48. The number of hydrogen-bond donors (Lipinski definition) is 2. The van der Waals surface area contributed by atoms with Gasteiger partial charge in [-0.2, -0.15) is 5.10 Å². The quantitative estimate of drug-likeness (QED) is 0.862. The zero-order valence-electron chi connectivity index (χ0n) is 11.1. The van der Waals surface area contributed by atoms with Crippen molar-refractivity contribution in [3.8, 4) is 0 Å². The van der Waals surface area contributed by atoms with Gasteiger partial charge >= 0.3 is 5.97 Å². The lowest BCUT2D eigenvalue weighted by Crippen LogP contribution is -2.11. The predicted molar refractivity (Wildman–Crippen MR) is 73.5 cm³/mol. The number of benzene rings is 1. The Morgan fingerprint density at radius 3 is 2.84 bits per heavy atom. The molecule has 0 saturated carbocycles. The first-order chi connectivity index (χ1) is 9.08. The molecule has 0 aliphatic carbocycles. The summed E-state index contributed by atoms with van der Waals surface area (Å²) in [5.41, 5.74) is 3.11. The SMILES string of the molecule is Cc1ccc(C(=O)O)c(NCCc2ccnn2C)c1. The van der Waals surface area contributed by atoms with Gasteiger partial charge in [0.25, 0.3) is 0 Å². The maximum atomic E-state index is 11.1. The van der Waals surface area contributed by atoms with Crippen LogP contribution in [-0.4, -0.2) is 27.4 Å². The summed E-state index contributed by atoms with van der Waals surface area (Å²) in [5.74, 6) is -0.914. The van der Waals surface area contributed by atoms with Gasteiger partial charge in [0.15, 0.2) is 0 Å². The van der Waals surface area contributed by atoms with E-state index in [2.05, 4.69) is 10.4 Å². The fourth-order valence-corrected chi connectivity index (χ4v) is 1.96. The summed E-state index contributed by atoms with van der Waals surface area (Å²) in [6.07, 6.45) is 2.55. The van der Waals surface area contributed by atoms with Gasteiger partial charge in [0.2, 0.25) is 0 Å². The van der Waals surface area contributed by atoms with Gasteiger partial charge in [-0.1, -0.05) is 6.07 Å². The molecule has 19 heavy (non-hydrogen) atoms. The predicted octanol–water partition coefficient (Wildman–Crippen LogP) is 2.08. The van der Waals surface area contributed by atoms with E-state index in [9.17, 15) is 4.79 Å². The van der Waals surface area contributed by atoms with Crippen molar-refractivity contribution < 1.29 is 9.90 Å². The second kappa shape index (κ2) is 5.56. The molecule has 0 atom stereocenters. The van der Waals surface area contributed by atoms with E-state index in [-0.39, 0.29) is 0 Å². The standard InChI is InChI=1S/C14H17N3O2/c1-10-3-4-12(14(18)19)13(9-10)15-7-5-11-6-8-16-17(11)2/h3-4,6,8-9,15H,5,7H2,1-2H3,(H,18,19). The molecule has 0 fully saturated rings. The third-order valence-corrected chi connectivity index (χ3v) is 3.02. The van der Waals surface area contributed by atoms with E-state index in [0.29, 0.717) is 17.8 Å². The number of carboxylic acid groups (broad SMARTS) is 1. The molecule has 2 rings (SSSR count). The summed E-state index contributed by atoms with van der Waals surface area (Å²) < 4.78 is 1.82. The van der Waals surface area contributed by atoms with Crippen LogP contribution in [0.1, 0.15) is 21.6 Å². The molecule has 0 bridgehead atoms. The lowest BCUT2D eigenvalue weighted by molar-refractivity contribution is 0.0698. The largest absolute Gasteiger partial charge is 0.478 e. The molecule has 100 valence electrons. The molecule has 1 heterocycles. The third kappa shape index (κ3) is 3.13. The molecule has 0 radical (unpaired) electrons. The number of hydrogen-bond acceptors (Lipinski definition) is 3. The van der Waals surface area contributed by atoms with Gasteiger partial charge in [-0.15, -0.1) is 0 Å². The molecular weight excluding hydrogens is 242 g/mol. The van der Waals surface area contributed by atoms with Crippen LogP contribution in [0.5, 0.6) is 0 Å². The average Bonchev–Trinajstić information content (AvgIpc) is 2.75. The fourth-order valence-electron chi connectivity index (χ4n) is 1.96. The molecule has 0 saturated heterocycles. The van der Waals surface area contributed by atoms with Crippen LogP contribution in [0.3, 0.4) is 0 Å².